The fourth-order valence-corrected chi connectivity index (χ4v) is 4.06. The van der Waals surface area contributed by atoms with Crippen LogP contribution in [-0.2, 0) is 12.8 Å². The highest BCUT2D eigenvalue weighted by molar-refractivity contribution is 5.85. The summed E-state index contributed by atoms with van der Waals surface area (Å²) >= 11 is 0. The second kappa shape index (κ2) is 10.8. The number of aryl methyl sites for hydroxylation is 1. The summed E-state index contributed by atoms with van der Waals surface area (Å²) in [6, 6.07) is 17.3. The van der Waals surface area contributed by atoms with E-state index in [1.165, 1.54) is 36.1 Å². The van der Waals surface area contributed by atoms with Crippen molar-refractivity contribution in [1.29, 1.82) is 0 Å². The Morgan fingerprint density at radius 2 is 1.59 bits per heavy atom. The van der Waals surface area contributed by atoms with Crippen LogP contribution in [0.2, 0.25) is 0 Å². The molecule has 3 nitrogen and oxygen atoms in total. The molecule has 2 aromatic carbocycles. The zero-order chi connectivity index (χ0) is 16.9. The van der Waals surface area contributed by atoms with E-state index >= 15 is 0 Å². The molecule has 0 unspecified atom stereocenters. The van der Waals surface area contributed by atoms with Gasteiger partial charge in [-0.2, -0.15) is 0 Å². The topological polar surface area (TPSA) is 15.7 Å². The fraction of sp³-hybridized carbons (Fsp3) is 0.455. The SMILES string of the molecule is Cl.Cl.c1ccc(N2CCN(CCCOc3cccc4c3CCC4)CC2)cc1. The van der Waals surface area contributed by atoms with Gasteiger partial charge in [-0.3, -0.25) is 4.90 Å². The van der Waals surface area contributed by atoms with Gasteiger partial charge in [0.2, 0.25) is 0 Å². The largest absolute Gasteiger partial charge is 0.493 e. The van der Waals surface area contributed by atoms with Crippen molar-refractivity contribution in [2.45, 2.75) is 25.7 Å². The zero-order valence-electron chi connectivity index (χ0n) is 15.8. The van der Waals surface area contributed by atoms with Crippen LogP contribution in [-0.4, -0.2) is 44.2 Å². The molecule has 0 N–H and O–H groups in total. The van der Waals surface area contributed by atoms with Crippen LogP contribution in [0.25, 0.3) is 0 Å². The highest BCUT2D eigenvalue weighted by Gasteiger charge is 2.17. The molecule has 1 aliphatic carbocycles. The predicted molar refractivity (Wildman–Crippen MR) is 118 cm³/mol. The second-order valence-electron chi connectivity index (χ2n) is 7.11. The summed E-state index contributed by atoms with van der Waals surface area (Å²) in [6.07, 6.45) is 4.79. The van der Waals surface area contributed by atoms with E-state index in [-0.39, 0.29) is 24.8 Å². The minimum absolute atomic E-state index is 0. The van der Waals surface area contributed by atoms with E-state index in [9.17, 15) is 0 Å². The van der Waals surface area contributed by atoms with Crippen molar-refractivity contribution in [3.63, 3.8) is 0 Å². The summed E-state index contributed by atoms with van der Waals surface area (Å²) in [5.74, 6) is 1.13. The molecule has 2 aromatic rings. The molecular formula is C22H30Cl2N2O. The summed E-state index contributed by atoms with van der Waals surface area (Å²) in [7, 11) is 0. The average Bonchev–Trinajstić information content (AvgIpc) is 3.16. The van der Waals surface area contributed by atoms with E-state index in [2.05, 4.69) is 58.3 Å². The number of hydrogen-bond donors (Lipinski definition) is 0. The molecular weight excluding hydrogens is 379 g/mol. The maximum Gasteiger partial charge on any atom is 0.122 e. The zero-order valence-corrected chi connectivity index (χ0v) is 17.4. The molecule has 1 saturated heterocycles. The maximum atomic E-state index is 6.09. The lowest BCUT2D eigenvalue weighted by Gasteiger charge is -2.36. The van der Waals surface area contributed by atoms with Gasteiger partial charge in [-0.25, -0.2) is 0 Å². The number of anilines is 1. The van der Waals surface area contributed by atoms with Crippen LogP contribution in [0.1, 0.15) is 24.0 Å². The number of piperazine rings is 1. The van der Waals surface area contributed by atoms with Gasteiger partial charge in [-0.15, -0.1) is 24.8 Å². The van der Waals surface area contributed by atoms with Crippen LogP contribution >= 0.6 is 24.8 Å². The number of hydrogen-bond acceptors (Lipinski definition) is 3. The van der Waals surface area contributed by atoms with Gasteiger partial charge < -0.3 is 9.64 Å². The molecule has 148 valence electrons. The molecule has 2 aliphatic rings. The number of ether oxygens (including phenoxy) is 1. The van der Waals surface area contributed by atoms with Gasteiger partial charge in [-0.1, -0.05) is 30.3 Å². The Kier molecular flexibility index (Phi) is 8.75. The Hall–Kier alpha value is -1.42. The minimum atomic E-state index is 0. The van der Waals surface area contributed by atoms with Gasteiger partial charge in [0.1, 0.15) is 5.75 Å². The van der Waals surface area contributed by atoms with Gasteiger partial charge in [0.05, 0.1) is 6.61 Å². The molecule has 0 amide bonds. The van der Waals surface area contributed by atoms with Crippen molar-refractivity contribution in [3.8, 4) is 5.75 Å². The van der Waals surface area contributed by atoms with Crippen molar-refractivity contribution in [2.75, 3.05) is 44.2 Å². The molecule has 0 aromatic heterocycles. The third-order valence-electron chi connectivity index (χ3n) is 5.47. The Balaban J connectivity index is 0.00000131. The molecule has 4 rings (SSSR count). The Morgan fingerprint density at radius 1 is 0.815 bits per heavy atom. The molecule has 0 bridgehead atoms. The van der Waals surface area contributed by atoms with E-state index in [0.717, 1.165) is 51.5 Å². The van der Waals surface area contributed by atoms with E-state index < -0.39 is 0 Å². The van der Waals surface area contributed by atoms with Crippen molar-refractivity contribution in [1.82, 2.24) is 4.90 Å². The number of para-hydroxylation sites is 1. The molecule has 27 heavy (non-hydrogen) atoms. The van der Waals surface area contributed by atoms with Crippen molar-refractivity contribution < 1.29 is 4.74 Å². The second-order valence-corrected chi connectivity index (χ2v) is 7.11. The van der Waals surface area contributed by atoms with Crippen LogP contribution in [0.5, 0.6) is 5.75 Å². The third kappa shape index (κ3) is 5.54. The van der Waals surface area contributed by atoms with Crippen LogP contribution in [0.4, 0.5) is 5.69 Å². The van der Waals surface area contributed by atoms with E-state index in [1.807, 2.05) is 0 Å². The molecule has 1 heterocycles. The molecule has 1 aliphatic heterocycles. The number of fused-ring (bicyclic) bond motifs is 1. The number of halogens is 2. The normalized spacial score (nSPS) is 16.2. The highest BCUT2D eigenvalue weighted by atomic mass is 35.5. The first kappa shape index (κ1) is 21.9. The van der Waals surface area contributed by atoms with Gasteiger partial charge in [0, 0.05) is 38.4 Å². The summed E-state index contributed by atoms with van der Waals surface area (Å²) in [4.78, 5) is 5.05. The smallest absolute Gasteiger partial charge is 0.122 e. The molecule has 0 atom stereocenters. The molecule has 0 saturated carbocycles. The van der Waals surface area contributed by atoms with Crippen LogP contribution in [0, 0.1) is 0 Å². The quantitative estimate of drug-likeness (QED) is 0.648. The third-order valence-corrected chi connectivity index (χ3v) is 5.47. The Morgan fingerprint density at radius 3 is 2.37 bits per heavy atom. The van der Waals surface area contributed by atoms with Crippen LogP contribution in [0.15, 0.2) is 48.5 Å². The van der Waals surface area contributed by atoms with Gasteiger partial charge in [-0.05, 0) is 55.0 Å². The van der Waals surface area contributed by atoms with Crippen molar-refractivity contribution in [3.05, 3.63) is 59.7 Å². The fourth-order valence-electron chi connectivity index (χ4n) is 4.06. The summed E-state index contributed by atoms with van der Waals surface area (Å²) in [5.41, 5.74) is 4.30. The lowest BCUT2D eigenvalue weighted by atomic mass is 10.1. The van der Waals surface area contributed by atoms with E-state index in [1.54, 1.807) is 0 Å². The number of benzene rings is 2. The summed E-state index contributed by atoms with van der Waals surface area (Å²) in [5, 5.41) is 0. The van der Waals surface area contributed by atoms with E-state index in [4.69, 9.17) is 4.74 Å². The van der Waals surface area contributed by atoms with Gasteiger partial charge in [0.15, 0.2) is 0 Å². The first-order valence-electron chi connectivity index (χ1n) is 9.66. The van der Waals surface area contributed by atoms with Crippen LogP contribution in [0.3, 0.4) is 0 Å². The Bertz CT molecular complexity index is 688. The van der Waals surface area contributed by atoms with E-state index in [0.29, 0.717) is 0 Å². The van der Waals surface area contributed by atoms with Gasteiger partial charge >= 0.3 is 0 Å². The first-order valence-corrected chi connectivity index (χ1v) is 9.66. The monoisotopic (exact) mass is 408 g/mol. The maximum absolute atomic E-state index is 6.09. The lowest BCUT2D eigenvalue weighted by Crippen LogP contribution is -2.46. The standard InChI is InChI=1S/C22H28N2O.2ClH/c1-2-9-20(10-3-1)24-16-14-23(15-17-24)13-6-18-25-22-12-5-8-19-7-4-11-21(19)22;;/h1-3,5,8-10,12H,4,6-7,11,13-18H2;2*1H. The summed E-state index contributed by atoms with van der Waals surface area (Å²) < 4.78 is 6.09. The lowest BCUT2D eigenvalue weighted by molar-refractivity contribution is 0.224. The summed E-state index contributed by atoms with van der Waals surface area (Å²) in [6.45, 7) is 6.51. The number of nitrogens with zero attached hydrogens (tertiary/aromatic N) is 2. The highest BCUT2D eigenvalue weighted by Crippen LogP contribution is 2.30. The molecule has 0 spiro atoms. The van der Waals surface area contributed by atoms with Gasteiger partial charge in [0.25, 0.3) is 0 Å². The number of rotatable bonds is 6. The molecule has 5 heteroatoms. The van der Waals surface area contributed by atoms with Crippen molar-refractivity contribution >= 4 is 30.5 Å². The first-order chi connectivity index (χ1) is 12.4. The predicted octanol–water partition coefficient (Wildman–Crippen LogP) is 4.61. The van der Waals surface area contributed by atoms with Crippen molar-refractivity contribution in [2.24, 2.45) is 0 Å². The minimum Gasteiger partial charge on any atom is -0.493 e. The average molecular weight is 409 g/mol. The Labute approximate surface area is 175 Å². The molecule has 1 fully saturated rings. The molecule has 0 radical (unpaired) electrons. The van der Waals surface area contributed by atoms with Crippen LogP contribution < -0.4 is 9.64 Å².